The summed E-state index contributed by atoms with van der Waals surface area (Å²) >= 11 is 1.11. The van der Waals surface area contributed by atoms with Gasteiger partial charge in [0.25, 0.3) is 5.22 Å². The van der Waals surface area contributed by atoms with Crippen LogP contribution in [0.5, 0.6) is 5.75 Å². The van der Waals surface area contributed by atoms with Crippen LogP contribution in [-0.4, -0.2) is 43.1 Å². The van der Waals surface area contributed by atoms with E-state index in [9.17, 15) is 13.2 Å². The number of anilines is 2. The number of hydrogen-bond acceptors (Lipinski definition) is 8. The molecular weight excluding hydrogens is 452 g/mol. The highest BCUT2D eigenvalue weighted by molar-refractivity contribution is 7.99. The Morgan fingerprint density at radius 1 is 1.12 bits per heavy atom. The molecule has 32 heavy (non-hydrogen) atoms. The summed E-state index contributed by atoms with van der Waals surface area (Å²) in [6.07, 6.45) is 0.512. The van der Waals surface area contributed by atoms with Crippen LogP contribution >= 0.6 is 11.8 Å². The summed E-state index contributed by atoms with van der Waals surface area (Å²) in [6, 6.07) is 12.2. The highest BCUT2D eigenvalue weighted by atomic mass is 32.2. The molecule has 0 radical (unpaired) electrons. The topological polar surface area (TPSA) is 123 Å². The van der Waals surface area contributed by atoms with Gasteiger partial charge < -0.3 is 14.5 Å². The minimum absolute atomic E-state index is 0.0301. The number of carbonyl (C=O) groups excluding carboxylic acids is 1. The second kappa shape index (κ2) is 10.5. The lowest BCUT2D eigenvalue weighted by molar-refractivity contribution is -0.113. The van der Waals surface area contributed by atoms with E-state index < -0.39 is 10.0 Å². The number of aromatic nitrogens is 2. The molecule has 0 aliphatic carbocycles. The van der Waals surface area contributed by atoms with Gasteiger partial charge in [0.05, 0.1) is 24.3 Å². The second-order valence-corrected chi connectivity index (χ2v) is 9.61. The molecular formula is C21H24N4O5S2. The smallest absolute Gasteiger partial charge is 0.277 e. The Hall–Kier alpha value is -3.05. The average Bonchev–Trinajstić information content (AvgIpc) is 3.24. The van der Waals surface area contributed by atoms with Crippen molar-refractivity contribution in [3.05, 3.63) is 48.0 Å². The van der Waals surface area contributed by atoms with Crippen LogP contribution in [0.3, 0.4) is 0 Å². The Morgan fingerprint density at radius 3 is 2.53 bits per heavy atom. The van der Waals surface area contributed by atoms with Gasteiger partial charge in [0.15, 0.2) is 0 Å². The minimum atomic E-state index is -3.42. The molecule has 2 aromatic carbocycles. The largest absolute Gasteiger partial charge is 0.497 e. The summed E-state index contributed by atoms with van der Waals surface area (Å²) in [4.78, 5) is 12.4. The normalized spacial score (nSPS) is 11.2. The predicted molar refractivity (Wildman–Crippen MR) is 125 cm³/mol. The zero-order chi connectivity index (χ0) is 23.1. The monoisotopic (exact) mass is 476 g/mol. The lowest BCUT2D eigenvalue weighted by Gasteiger charge is -2.14. The summed E-state index contributed by atoms with van der Waals surface area (Å²) in [5.74, 6) is 0.865. The zero-order valence-electron chi connectivity index (χ0n) is 17.9. The van der Waals surface area contributed by atoms with E-state index in [4.69, 9.17) is 9.15 Å². The van der Waals surface area contributed by atoms with Crippen LogP contribution < -0.4 is 14.8 Å². The molecule has 0 saturated carbocycles. The van der Waals surface area contributed by atoms with Crippen LogP contribution in [0.25, 0.3) is 11.5 Å². The molecule has 3 aromatic rings. The van der Waals surface area contributed by atoms with Crippen LogP contribution in [0.15, 0.2) is 52.1 Å². The van der Waals surface area contributed by atoms with E-state index in [1.807, 2.05) is 0 Å². The highest BCUT2D eigenvalue weighted by Crippen LogP contribution is 2.27. The molecule has 0 unspecified atom stereocenters. The Balaban J connectivity index is 1.59. The number of benzene rings is 2. The summed E-state index contributed by atoms with van der Waals surface area (Å²) < 4.78 is 37.4. The molecule has 0 saturated heterocycles. The van der Waals surface area contributed by atoms with E-state index in [2.05, 4.69) is 20.2 Å². The van der Waals surface area contributed by atoms with Crippen molar-refractivity contribution in [2.75, 3.05) is 28.7 Å². The number of hydrogen-bond donors (Lipinski definition) is 2. The molecule has 1 aromatic heterocycles. The maximum absolute atomic E-state index is 12.4. The minimum Gasteiger partial charge on any atom is -0.497 e. The molecule has 0 bridgehead atoms. The third kappa shape index (κ3) is 6.24. The number of amides is 1. The van der Waals surface area contributed by atoms with Crippen molar-refractivity contribution in [2.24, 2.45) is 0 Å². The van der Waals surface area contributed by atoms with Crippen molar-refractivity contribution < 1.29 is 22.4 Å². The summed E-state index contributed by atoms with van der Waals surface area (Å²) in [7, 11) is -1.84. The van der Waals surface area contributed by atoms with Crippen molar-refractivity contribution in [1.29, 1.82) is 0 Å². The van der Waals surface area contributed by atoms with E-state index >= 15 is 0 Å². The van der Waals surface area contributed by atoms with Crippen molar-refractivity contribution in [3.8, 4) is 17.2 Å². The van der Waals surface area contributed by atoms with Gasteiger partial charge >= 0.3 is 0 Å². The first-order chi connectivity index (χ1) is 15.3. The third-order valence-corrected chi connectivity index (χ3v) is 6.71. The molecule has 0 fully saturated rings. The van der Waals surface area contributed by atoms with Gasteiger partial charge in [-0.3, -0.25) is 9.52 Å². The summed E-state index contributed by atoms with van der Waals surface area (Å²) in [5, 5.41) is 11.0. The van der Waals surface area contributed by atoms with E-state index in [1.54, 1.807) is 63.4 Å². The van der Waals surface area contributed by atoms with Crippen LogP contribution in [0.1, 0.15) is 18.9 Å². The van der Waals surface area contributed by atoms with Gasteiger partial charge in [0.2, 0.25) is 21.8 Å². The van der Waals surface area contributed by atoms with Gasteiger partial charge in [0.1, 0.15) is 5.75 Å². The Bertz CT molecular complexity index is 1180. The molecule has 11 heteroatoms. The number of thioether (sulfide) groups is 1. The van der Waals surface area contributed by atoms with Crippen LogP contribution in [0.2, 0.25) is 0 Å². The fourth-order valence-corrected chi connectivity index (χ4v) is 4.56. The standard InChI is InChI=1S/C21H24N4O5S2/c1-4-12-32(27,28)25-18-7-5-6-17(14(18)2)22-19(26)13-31-21-24-23-20(30-21)15-8-10-16(29-3)11-9-15/h5-11,25H,4,12-13H2,1-3H3,(H,22,26). The first-order valence-corrected chi connectivity index (χ1v) is 12.5. The molecule has 170 valence electrons. The van der Waals surface area contributed by atoms with Crippen LogP contribution in [-0.2, 0) is 14.8 Å². The van der Waals surface area contributed by atoms with Gasteiger partial charge in [-0.25, -0.2) is 8.42 Å². The molecule has 0 spiro atoms. The number of nitrogens with zero attached hydrogens (tertiary/aromatic N) is 2. The number of methoxy groups -OCH3 is 1. The zero-order valence-corrected chi connectivity index (χ0v) is 19.5. The quantitative estimate of drug-likeness (QED) is 0.422. The molecule has 3 rings (SSSR count). The van der Waals surface area contributed by atoms with E-state index in [0.29, 0.717) is 29.2 Å². The summed E-state index contributed by atoms with van der Waals surface area (Å²) in [5.41, 5.74) is 2.33. The molecule has 9 nitrogen and oxygen atoms in total. The van der Waals surface area contributed by atoms with Crippen LogP contribution in [0, 0.1) is 6.92 Å². The van der Waals surface area contributed by atoms with Crippen molar-refractivity contribution in [3.63, 3.8) is 0 Å². The van der Waals surface area contributed by atoms with E-state index in [0.717, 1.165) is 23.1 Å². The number of nitrogens with one attached hydrogen (secondary N) is 2. The second-order valence-electron chi connectivity index (χ2n) is 6.84. The number of carbonyl (C=O) groups is 1. The van der Waals surface area contributed by atoms with Crippen LogP contribution in [0.4, 0.5) is 11.4 Å². The molecule has 1 heterocycles. The van der Waals surface area contributed by atoms with E-state index in [1.165, 1.54) is 0 Å². The molecule has 0 aliphatic heterocycles. The van der Waals surface area contributed by atoms with Crippen molar-refractivity contribution in [2.45, 2.75) is 25.5 Å². The van der Waals surface area contributed by atoms with Gasteiger partial charge in [0, 0.05) is 11.3 Å². The van der Waals surface area contributed by atoms with Gasteiger partial charge in [-0.1, -0.05) is 24.8 Å². The van der Waals surface area contributed by atoms with Crippen molar-refractivity contribution >= 4 is 39.1 Å². The van der Waals surface area contributed by atoms with E-state index in [-0.39, 0.29) is 22.6 Å². The fraction of sp³-hybridized carbons (Fsp3) is 0.286. The Kier molecular flexibility index (Phi) is 7.75. The maximum atomic E-state index is 12.4. The molecule has 2 N–H and O–H groups in total. The van der Waals surface area contributed by atoms with Gasteiger partial charge in [-0.2, -0.15) is 0 Å². The van der Waals surface area contributed by atoms with Crippen molar-refractivity contribution in [1.82, 2.24) is 10.2 Å². The Morgan fingerprint density at radius 2 is 1.84 bits per heavy atom. The SMILES string of the molecule is CCCS(=O)(=O)Nc1cccc(NC(=O)CSc2nnc(-c3ccc(OC)cc3)o2)c1C. The number of sulfonamides is 1. The van der Waals surface area contributed by atoms with Gasteiger partial charge in [-0.15, -0.1) is 10.2 Å². The predicted octanol–water partition coefficient (Wildman–Crippen LogP) is 3.94. The highest BCUT2D eigenvalue weighted by Gasteiger charge is 2.15. The third-order valence-electron chi connectivity index (χ3n) is 4.42. The molecule has 1 amide bonds. The Labute approximate surface area is 191 Å². The average molecular weight is 477 g/mol. The van der Waals surface area contributed by atoms with Gasteiger partial charge in [-0.05, 0) is 55.3 Å². The first kappa shape index (κ1) is 23.6. The number of ether oxygens (including phenoxy) is 1. The molecule has 0 aliphatic rings. The lowest BCUT2D eigenvalue weighted by atomic mass is 10.1. The molecule has 0 atom stereocenters. The lowest BCUT2D eigenvalue weighted by Crippen LogP contribution is -2.18. The first-order valence-electron chi connectivity index (χ1n) is 9.82. The number of rotatable bonds is 10. The summed E-state index contributed by atoms with van der Waals surface area (Å²) in [6.45, 7) is 3.54. The maximum Gasteiger partial charge on any atom is 0.277 e. The fourth-order valence-electron chi connectivity index (χ4n) is 2.80.